The van der Waals surface area contributed by atoms with Crippen molar-refractivity contribution in [2.75, 3.05) is 18.0 Å². The van der Waals surface area contributed by atoms with E-state index in [-0.39, 0.29) is 0 Å². The molecule has 2 bridgehead atoms. The van der Waals surface area contributed by atoms with Crippen LogP contribution in [0.5, 0.6) is 0 Å². The number of carbonyl (C=O) groups excluding carboxylic acids is 1. The van der Waals surface area contributed by atoms with Crippen molar-refractivity contribution in [1.82, 2.24) is 15.1 Å². The van der Waals surface area contributed by atoms with Gasteiger partial charge >= 0.3 is 0 Å². The second-order valence-electron chi connectivity index (χ2n) is 9.61. The summed E-state index contributed by atoms with van der Waals surface area (Å²) in [6.45, 7) is 2.15. The Morgan fingerprint density at radius 3 is 2.84 bits per heavy atom. The van der Waals surface area contributed by atoms with Gasteiger partial charge in [0.1, 0.15) is 0 Å². The van der Waals surface area contributed by atoms with Crippen LogP contribution in [0.4, 0.5) is 5.69 Å². The number of nitrogens with one attached hydrogen (secondary N) is 1. The monoisotopic (exact) mass is 426 g/mol. The van der Waals surface area contributed by atoms with E-state index in [4.69, 9.17) is 0 Å². The first-order valence-electron chi connectivity index (χ1n) is 12.0. The summed E-state index contributed by atoms with van der Waals surface area (Å²) in [6.07, 6.45) is 9.93. The van der Waals surface area contributed by atoms with Crippen molar-refractivity contribution in [2.24, 2.45) is 5.92 Å². The van der Waals surface area contributed by atoms with Crippen molar-refractivity contribution in [1.29, 1.82) is 0 Å². The largest absolute Gasteiger partial charge is 0.371 e. The van der Waals surface area contributed by atoms with Gasteiger partial charge in [-0.25, -0.2) is 0 Å². The van der Waals surface area contributed by atoms with E-state index in [1.54, 1.807) is 0 Å². The van der Waals surface area contributed by atoms with E-state index < -0.39 is 0 Å². The highest BCUT2D eigenvalue weighted by molar-refractivity contribution is 5.78. The first kappa shape index (κ1) is 19.6. The van der Waals surface area contributed by atoms with E-state index in [2.05, 4.69) is 62.5 Å². The van der Waals surface area contributed by atoms with Crippen molar-refractivity contribution in [3.63, 3.8) is 0 Å². The number of hydrogen-bond acceptors (Lipinski definition) is 3. The second-order valence-corrected chi connectivity index (χ2v) is 9.61. The summed E-state index contributed by atoms with van der Waals surface area (Å²) in [5.74, 6) is 0.948. The zero-order valence-corrected chi connectivity index (χ0v) is 18.4. The van der Waals surface area contributed by atoms with Gasteiger partial charge in [-0.15, -0.1) is 0 Å². The molecule has 164 valence electrons. The summed E-state index contributed by atoms with van der Waals surface area (Å²) in [6, 6.07) is 18.1. The fourth-order valence-electron chi connectivity index (χ4n) is 6.25. The van der Waals surface area contributed by atoms with Crippen molar-refractivity contribution in [3.05, 3.63) is 72.1 Å². The molecule has 1 amide bonds. The number of H-pyrrole nitrogens is 1. The van der Waals surface area contributed by atoms with Crippen LogP contribution < -0.4 is 4.90 Å². The Hall–Kier alpha value is -3.08. The molecule has 0 radical (unpaired) electrons. The molecule has 3 unspecified atom stereocenters. The highest BCUT2D eigenvalue weighted by Crippen LogP contribution is 2.44. The van der Waals surface area contributed by atoms with Gasteiger partial charge in [-0.05, 0) is 66.8 Å². The predicted molar refractivity (Wildman–Crippen MR) is 126 cm³/mol. The molecule has 0 spiro atoms. The molecule has 4 heterocycles. The lowest BCUT2D eigenvalue weighted by atomic mass is 9.89. The minimum atomic E-state index is 0.357. The molecule has 32 heavy (non-hydrogen) atoms. The smallest absolute Gasteiger partial charge is 0.223 e. The Morgan fingerprint density at radius 2 is 2.00 bits per heavy atom. The van der Waals surface area contributed by atoms with Gasteiger partial charge in [-0.1, -0.05) is 36.4 Å². The number of carbonyl (C=O) groups is 1. The van der Waals surface area contributed by atoms with E-state index in [0.717, 1.165) is 31.5 Å². The lowest BCUT2D eigenvalue weighted by Gasteiger charge is -2.29. The van der Waals surface area contributed by atoms with Gasteiger partial charge < -0.3 is 9.80 Å². The van der Waals surface area contributed by atoms with E-state index >= 15 is 0 Å². The molecule has 5 nitrogen and oxygen atoms in total. The normalized spacial score (nSPS) is 23.7. The number of anilines is 1. The van der Waals surface area contributed by atoms with Gasteiger partial charge in [0.15, 0.2) is 0 Å². The molecule has 0 aliphatic carbocycles. The molecule has 3 aromatic rings. The van der Waals surface area contributed by atoms with Crippen LogP contribution in [0.25, 0.3) is 11.1 Å². The molecule has 0 saturated carbocycles. The fourth-order valence-corrected chi connectivity index (χ4v) is 6.25. The molecule has 3 atom stereocenters. The first-order valence-corrected chi connectivity index (χ1v) is 12.0. The second kappa shape index (κ2) is 8.12. The van der Waals surface area contributed by atoms with Gasteiger partial charge in [0.2, 0.25) is 5.91 Å². The topological polar surface area (TPSA) is 52.2 Å². The maximum Gasteiger partial charge on any atom is 0.223 e. The Balaban J connectivity index is 1.11. The minimum Gasteiger partial charge on any atom is -0.371 e. The van der Waals surface area contributed by atoms with Gasteiger partial charge in [0.05, 0.1) is 6.20 Å². The van der Waals surface area contributed by atoms with E-state index in [1.807, 2.05) is 18.5 Å². The maximum absolute atomic E-state index is 13.1. The Labute approximate surface area is 189 Å². The summed E-state index contributed by atoms with van der Waals surface area (Å²) in [4.78, 5) is 17.9. The number of rotatable bonds is 6. The van der Waals surface area contributed by atoms with Crippen molar-refractivity contribution >= 4 is 11.6 Å². The molecule has 2 fully saturated rings. The third kappa shape index (κ3) is 3.50. The number of benzene rings is 2. The third-order valence-corrected chi connectivity index (χ3v) is 7.78. The SMILES string of the molecule is O=C(CCc1ccccc1)N1C2CCC1C(CN1CCc3cc(-c4cn[nH]c4)ccc31)C2. The lowest BCUT2D eigenvalue weighted by molar-refractivity contribution is -0.132. The molecule has 3 aliphatic rings. The summed E-state index contributed by atoms with van der Waals surface area (Å²) < 4.78 is 0. The highest BCUT2D eigenvalue weighted by Gasteiger charge is 2.48. The van der Waals surface area contributed by atoms with Gasteiger partial charge in [0.25, 0.3) is 0 Å². The number of aromatic nitrogens is 2. The Morgan fingerprint density at radius 1 is 1.09 bits per heavy atom. The van der Waals surface area contributed by atoms with Crippen molar-refractivity contribution in [3.8, 4) is 11.1 Å². The third-order valence-electron chi connectivity index (χ3n) is 7.78. The van der Waals surface area contributed by atoms with Crippen LogP contribution in [0, 0.1) is 5.92 Å². The van der Waals surface area contributed by atoms with Gasteiger partial charge in [0, 0.05) is 49.0 Å². The standard InChI is InChI=1S/C27H30N4O/c32-27(11-6-19-4-2-1-3-5-19)31-24-8-10-26(31)22(15-24)18-30-13-12-21-14-20(7-9-25(21)30)23-16-28-29-17-23/h1-5,7,9,14,16-17,22,24,26H,6,8,10-13,15,18H2,(H,28,29). The summed E-state index contributed by atoms with van der Waals surface area (Å²) >= 11 is 0. The van der Waals surface area contributed by atoms with Crippen LogP contribution >= 0.6 is 0 Å². The number of nitrogens with zero attached hydrogens (tertiary/aromatic N) is 3. The number of aromatic amines is 1. The molecular weight excluding hydrogens is 396 g/mol. The van der Waals surface area contributed by atoms with Crippen molar-refractivity contribution < 1.29 is 4.79 Å². The van der Waals surface area contributed by atoms with E-state index in [0.29, 0.717) is 30.3 Å². The van der Waals surface area contributed by atoms with Crippen molar-refractivity contribution in [2.45, 2.75) is 50.6 Å². The molecule has 1 N–H and O–H groups in total. The average Bonchev–Trinajstić information content (AvgIpc) is 3.62. The molecule has 2 aromatic carbocycles. The Bertz CT molecular complexity index is 1090. The Kier molecular flexibility index (Phi) is 4.97. The van der Waals surface area contributed by atoms with E-state index in [9.17, 15) is 4.79 Å². The van der Waals surface area contributed by atoms with Crippen LogP contribution in [0.15, 0.2) is 60.9 Å². The van der Waals surface area contributed by atoms with Crippen LogP contribution in [0.1, 0.15) is 36.8 Å². The van der Waals surface area contributed by atoms with Crippen LogP contribution in [-0.4, -0.2) is 46.2 Å². The summed E-state index contributed by atoms with van der Waals surface area (Å²) in [5, 5.41) is 6.99. The predicted octanol–water partition coefficient (Wildman–Crippen LogP) is 4.45. The first-order chi connectivity index (χ1) is 15.8. The zero-order chi connectivity index (χ0) is 21.5. The number of hydrogen-bond donors (Lipinski definition) is 1. The molecule has 6 rings (SSSR count). The fraction of sp³-hybridized carbons (Fsp3) is 0.407. The summed E-state index contributed by atoms with van der Waals surface area (Å²) in [7, 11) is 0. The van der Waals surface area contributed by atoms with E-state index in [1.165, 1.54) is 41.6 Å². The number of fused-ring (bicyclic) bond motifs is 3. The quantitative estimate of drug-likeness (QED) is 0.634. The molecule has 5 heteroatoms. The molecular formula is C27H30N4O. The maximum atomic E-state index is 13.1. The van der Waals surface area contributed by atoms with Gasteiger partial charge in [-0.3, -0.25) is 9.89 Å². The molecule has 2 saturated heterocycles. The lowest BCUT2D eigenvalue weighted by Crippen LogP contribution is -2.39. The van der Waals surface area contributed by atoms with Crippen LogP contribution in [-0.2, 0) is 17.6 Å². The summed E-state index contributed by atoms with van der Waals surface area (Å²) in [5.41, 5.74) is 6.44. The van der Waals surface area contributed by atoms with Crippen LogP contribution in [0.2, 0.25) is 0 Å². The number of amides is 1. The van der Waals surface area contributed by atoms with Crippen LogP contribution in [0.3, 0.4) is 0 Å². The molecule has 1 aromatic heterocycles. The average molecular weight is 427 g/mol. The zero-order valence-electron chi connectivity index (χ0n) is 18.4. The molecule has 3 aliphatic heterocycles. The number of aryl methyl sites for hydroxylation is 1. The van der Waals surface area contributed by atoms with Gasteiger partial charge in [-0.2, -0.15) is 5.10 Å². The highest BCUT2D eigenvalue weighted by atomic mass is 16.2. The minimum absolute atomic E-state index is 0.357.